The first-order chi connectivity index (χ1) is 16.2. The van der Waals surface area contributed by atoms with Crippen LogP contribution in [0.1, 0.15) is 70.2 Å². The third-order valence-electron chi connectivity index (χ3n) is 5.48. The highest BCUT2D eigenvalue weighted by Crippen LogP contribution is 2.43. The maximum atomic E-state index is 12.4. The van der Waals surface area contributed by atoms with Crippen molar-refractivity contribution in [1.82, 2.24) is 0 Å². The Kier molecular flexibility index (Phi) is 10.3. The molecule has 4 nitrogen and oxygen atoms in total. The molecule has 2 aromatic carbocycles. The van der Waals surface area contributed by atoms with Crippen LogP contribution in [0.25, 0.3) is 0 Å². The minimum absolute atomic E-state index is 0.195. The summed E-state index contributed by atoms with van der Waals surface area (Å²) in [5.41, 5.74) is 3.68. The lowest BCUT2D eigenvalue weighted by molar-refractivity contribution is -0.133. The van der Waals surface area contributed by atoms with Crippen LogP contribution in [0.3, 0.4) is 0 Å². The summed E-state index contributed by atoms with van der Waals surface area (Å²) in [6.07, 6.45) is 4.09. The van der Waals surface area contributed by atoms with Crippen molar-refractivity contribution in [3.05, 3.63) is 46.5 Å². The summed E-state index contributed by atoms with van der Waals surface area (Å²) in [6.45, 7) is 16.8. The number of hydrogen-bond acceptors (Lipinski definition) is 7. The fourth-order valence-electron chi connectivity index (χ4n) is 3.49. The lowest BCUT2D eigenvalue weighted by Crippen LogP contribution is -2.17. The highest BCUT2D eigenvalue weighted by atomic mass is 32.2. The second-order valence-corrected chi connectivity index (χ2v) is 13.4. The van der Waals surface area contributed by atoms with E-state index in [0.717, 1.165) is 49.6 Å². The highest BCUT2D eigenvalue weighted by Gasteiger charge is 2.25. The van der Waals surface area contributed by atoms with Gasteiger partial charge in [0.25, 0.3) is 0 Å². The van der Waals surface area contributed by atoms with Crippen molar-refractivity contribution in [2.24, 2.45) is 0 Å². The SMILES string of the molecule is CSCCC(=O)Oc1cc(C)c(Sc2cc(C(C)(C)C)c(OC(=O)SC)cc2C)cc1C(C)(C)C. The lowest BCUT2D eigenvalue weighted by Gasteiger charge is -2.25. The number of ether oxygens (including phenoxy) is 2. The molecule has 35 heavy (non-hydrogen) atoms. The summed E-state index contributed by atoms with van der Waals surface area (Å²) >= 11 is 4.38. The average Bonchev–Trinajstić information content (AvgIpc) is 2.73. The molecule has 0 amide bonds. The Hall–Kier alpha value is -1.57. The van der Waals surface area contributed by atoms with E-state index in [4.69, 9.17) is 9.47 Å². The first-order valence-corrected chi connectivity index (χ1v) is 15.0. The molecule has 0 bridgehead atoms. The normalized spacial score (nSPS) is 11.9. The molecule has 0 aromatic heterocycles. The number of thioether (sulfide) groups is 2. The third-order valence-corrected chi connectivity index (χ3v) is 7.83. The van der Waals surface area contributed by atoms with Gasteiger partial charge in [0.1, 0.15) is 11.5 Å². The number of carbonyl (C=O) groups is 2. The van der Waals surface area contributed by atoms with Crippen LogP contribution in [0.15, 0.2) is 34.1 Å². The van der Waals surface area contributed by atoms with Crippen LogP contribution in [0, 0.1) is 13.8 Å². The molecule has 0 aliphatic heterocycles. The Morgan fingerprint density at radius 1 is 0.771 bits per heavy atom. The molecule has 192 valence electrons. The van der Waals surface area contributed by atoms with Gasteiger partial charge < -0.3 is 9.47 Å². The van der Waals surface area contributed by atoms with Gasteiger partial charge in [0.2, 0.25) is 0 Å². The molecule has 0 radical (unpaired) electrons. The minimum Gasteiger partial charge on any atom is -0.426 e. The van der Waals surface area contributed by atoms with Gasteiger partial charge in [0.15, 0.2) is 0 Å². The molecule has 2 rings (SSSR count). The smallest absolute Gasteiger partial charge is 0.372 e. The van der Waals surface area contributed by atoms with Gasteiger partial charge in [0.05, 0.1) is 6.42 Å². The number of benzene rings is 2. The van der Waals surface area contributed by atoms with Crippen molar-refractivity contribution in [1.29, 1.82) is 0 Å². The van der Waals surface area contributed by atoms with Crippen molar-refractivity contribution in [3.8, 4) is 11.5 Å². The maximum absolute atomic E-state index is 12.4. The van der Waals surface area contributed by atoms with Crippen LogP contribution >= 0.6 is 35.3 Å². The summed E-state index contributed by atoms with van der Waals surface area (Å²) in [4.78, 5) is 26.6. The van der Waals surface area contributed by atoms with Crippen molar-refractivity contribution < 1.29 is 19.1 Å². The summed E-state index contributed by atoms with van der Waals surface area (Å²) in [5, 5.41) is -0.316. The first kappa shape index (κ1) is 29.7. The maximum Gasteiger partial charge on any atom is 0.372 e. The number of carbonyl (C=O) groups excluding carboxylic acids is 2. The average molecular weight is 535 g/mol. The number of hydrogen-bond donors (Lipinski definition) is 0. The fourth-order valence-corrected chi connectivity index (χ4v) is 5.07. The van der Waals surface area contributed by atoms with Crippen LogP contribution < -0.4 is 9.47 Å². The minimum atomic E-state index is -0.316. The van der Waals surface area contributed by atoms with E-state index in [1.807, 2.05) is 32.2 Å². The topological polar surface area (TPSA) is 52.6 Å². The van der Waals surface area contributed by atoms with Crippen LogP contribution in [-0.2, 0) is 15.6 Å². The van der Waals surface area contributed by atoms with Crippen LogP contribution in [0.2, 0.25) is 0 Å². The van der Waals surface area contributed by atoms with Gasteiger partial charge in [-0.1, -0.05) is 53.3 Å². The molecule has 0 aliphatic rings. The Morgan fingerprint density at radius 2 is 1.23 bits per heavy atom. The van der Waals surface area contributed by atoms with E-state index in [1.54, 1.807) is 29.8 Å². The third kappa shape index (κ3) is 8.22. The van der Waals surface area contributed by atoms with E-state index >= 15 is 0 Å². The molecule has 0 saturated carbocycles. The van der Waals surface area contributed by atoms with Gasteiger partial charge in [-0.3, -0.25) is 4.79 Å². The molecular formula is C28H38O4S3. The van der Waals surface area contributed by atoms with E-state index in [2.05, 4.69) is 53.7 Å². The largest absolute Gasteiger partial charge is 0.426 e. The number of rotatable bonds is 7. The quantitative estimate of drug-likeness (QED) is 0.260. The molecule has 0 unspecified atom stereocenters. The summed E-state index contributed by atoms with van der Waals surface area (Å²) in [5.74, 6) is 1.79. The Morgan fingerprint density at radius 3 is 1.63 bits per heavy atom. The monoisotopic (exact) mass is 534 g/mol. The molecule has 2 aromatic rings. The second kappa shape index (κ2) is 12.1. The van der Waals surface area contributed by atoms with Gasteiger partial charge in [-0.25, -0.2) is 4.79 Å². The number of esters is 1. The molecule has 0 heterocycles. The van der Waals surface area contributed by atoms with Gasteiger partial charge >= 0.3 is 11.3 Å². The summed E-state index contributed by atoms with van der Waals surface area (Å²) < 4.78 is 11.4. The summed E-state index contributed by atoms with van der Waals surface area (Å²) in [6, 6.07) is 8.22. The highest BCUT2D eigenvalue weighted by molar-refractivity contribution is 8.12. The van der Waals surface area contributed by atoms with Crippen LogP contribution in [0.4, 0.5) is 4.79 Å². The molecule has 0 N–H and O–H groups in total. The zero-order valence-corrected chi connectivity index (χ0v) is 25.0. The van der Waals surface area contributed by atoms with E-state index in [9.17, 15) is 9.59 Å². The predicted octanol–water partition coefficient (Wildman–Crippen LogP) is 8.57. The van der Waals surface area contributed by atoms with E-state index < -0.39 is 0 Å². The molecule has 0 atom stereocenters. The molecule has 0 spiro atoms. The van der Waals surface area contributed by atoms with Gasteiger partial charge in [0, 0.05) is 26.7 Å². The summed E-state index contributed by atoms with van der Waals surface area (Å²) in [7, 11) is 0. The van der Waals surface area contributed by atoms with Crippen molar-refractivity contribution in [2.75, 3.05) is 18.3 Å². The standard InChI is InChI=1S/C28H38O4S3/c1-17-13-21(31-25(29)11-12-33-9)19(27(3,4)5)15-23(17)35-24-16-20(28(6,7)8)22(14-18(24)2)32-26(30)34-10/h13-16H,11-12H2,1-10H3. The van der Waals surface area contributed by atoms with Crippen molar-refractivity contribution in [3.63, 3.8) is 0 Å². The molecule has 0 aliphatic carbocycles. The van der Waals surface area contributed by atoms with Gasteiger partial charge in [-0.15, -0.1) is 0 Å². The van der Waals surface area contributed by atoms with Crippen molar-refractivity contribution in [2.45, 2.75) is 82.4 Å². The Balaban J connectivity index is 2.52. The Bertz CT molecular complexity index is 1080. The second-order valence-electron chi connectivity index (χ2n) is 10.6. The predicted molar refractivity (Wildman–Crippen MR) is 152 cm³/mol. The zero-order chi connectivity index (χ0) is 26.6. The van der Waals surface area contributed by atoms with Crippen molar-refractivity contribution >= 4 is 46.6 Å². The lowest BCUT2D eigenvalue weighted by atomic mass is 9.86. The van der Waals surface area contributed by atoms with E-state index in [-0.39, 0.29) is 22.1 Å². The first-order valence-electron chi connectivity index (χ1n) is 11.6. The number of aryl methyl sites for hydroxylation is 2. The van der Waals surface area contributed by atoms with Gasteiger partial charge in [-0.2, -0.15) is 11.8 Å². The zero-order valence-electron chi connectivity index (χ0n) is 22.6. The van der Waals surface area contributed by atoms with E-state index in [1.165, 1.54) is 0 Å². The van der Waals surface area contributed by atoms with Crippen LogP contribution in [0.5, 0.6) is 11.5 Å². The molecule has 7 heteroatoms. The Labute approximate surface area is 223 Å². The van der Waals surface area contributed by atoms with Gasteiger partial charge in [-0.05, 0) is 84.3 Å². The molecule has 0 fully saturated rings. The molecule has 0 saturated heterocycles. The molecular weight excluding hydrogens is 497 g/mol. The van der Waals surface area contributed by atoms with Crippen LogP contribution in [-0.4, -0.2) is 29.5 Å². The van der Waals surface area contributed by atoms with E-state index in [0.29, 0.717) is 17.9 Å². The fraction of sp³-hybridized carbons (Fsp3) is 0.500.